The van der Waals surface area contributed by atoms with Gasteiger partial charge in [-0.05, 0) is 54.2 Å². The van der Waals surface area contributed by atoms with Crippen LogP contribution in [0.3, 0.4) is 0 Å². The largest absolute Gasteiger partial charge is 0.284 e. The highest BCUT2D eigenvalue weighted by Crippen LogP contribution is 2.48. The number of benzene rings is 2. The Balaban J connectivity index is 1.65. The molecular weight excluding hydrogens is 491 g/mol. The van der Waals surface area contributed by atoms with Gasteiger partial charge in [-0.1, -0.05) is 80.5 Å². The summed E-state index contributed by atoms with van der Waals surface area (Å²) in [6, 6.07) is 12.7. The molecule has 2 aromatic carbocycles. The molecule has 1 amide bonds. The summed E-state index contributed by atoms with van der Waals surface area (Å²) >= 11 is 18.9. The van der Waals surface area contributed by atoms with Crippen LogP contribution in [0.4, 0.5) is 5.69 Å². The highest BCUT2D eigenvalue weighted by atomic mass is 35.5. The Morgan fingerprint density at radius 2 is 1.79 bits per heavy atom. The highest BCUT2D eigenvalue weighted by molar-refractivity contribution is 6.42. The van der Waals surface area contributed by atoms with Crippen molar-refractivity contribution in [2.75, 3.05) is 18.6 Å². The van der Waals surface area contributed by atoms with Crippen molar-refractivity contribution in [1.82, 2.24) is 10.4 Å². The number of hydrogen-bond donors (Lipinski definition) is 1. The van der Waals surface area contributed by atoms with E-state index < -0.39 is 5.41 Å². The van der Waals surface area contributed by atoms with Gasteiger partial charge in [0, 0.05) is 29.1 Å². The molecule has 4 rings (SSSR count). The van der Waals surface area contributed by atoms with Gasteiger partial charge in [0.15, 0.2) is 0 Å². The molecule has 0 spiro atoms. The first-order chi connectivity index (χ1) is 16.1. The third kappa shape index (κ3) is 5.08. The minimum absolute atomic E-state index is 0.204. The number of nitrogens with one attached hydrogen (secondary N) is 1. The second-order valence-corrected chi connectivity index (χ2v) is 11.3. The monoisotopic (exact) mass is 520 g/mol. The second-order valence-electron chi connectivity index (χ2n) is 10.1. The van der Waals surface area contributed by atoms with Gasteiger partial charge in [0.05, 0.1) is 16.8 Å². The molecule has 0 saturated heterocycles. The predicted octanol–water partition coefficient (Wildman–Crippen LogP) is 6.99. The number of hydrazone groups is 1. The number of carbonyl (C=O) groups excluding carboxylic acids is 1. The van der Waals surface area contributed by atoms with E-state index >= 15 is 0 Å². The Morgan fingerprint density at radius 3 is 2.41 bits per heavy atom. The molecule has 0 aromatic heterocycles. The lowest BCUT2D eigenvalue weighted by Gasteiger charge is -2.34. The van der Waals surface area contributed by atoms with Crippen molar-refractivity contribution in [2.45, 2.75) is 46.1 Å². The zero-order valence-electron chi connectivity index (χ0n) is 20.0. The Hall–Kier alpha value is -1.79. The van der Waals surface area contributed by atoms with Crippen LogP contribution in [-0.4, -0.2) is 30.2 Å². The quantitative estimate of drug-likeness (QED) is 0.417. The zero-order valence-corrected chi connectivity index (χ0v) is 22.3. The van der Waals surface area contributed by atoms with Crippen LogP contribution in [0.5, 0.6) is 0 Å². The van der Waals surface area contributed by atoms with E-state index in [1.54, 1.807) is 12.1 Å². The smallest absolute Gasteiger partial charge is 0.282 e. The summed E-state index contributed by atoms with van der Waals surface area (Å²) in [7, 11) is 1.93. The third-order valence-corrected chi connectivity index (χ3v) is 7.93. The fraction of sp³-hybridized carbons (Fsp3) is 0.462. The van der Waals surface area contributed by atoms with Gasteiger partial charge in [0.25, 0.3) is 5.91 Å². The van der Waals surface area contributed by atoms with Crippen molar-refractivity contribution in [3.8, 4) is 0 Å². The molecule has 3 unspecified atom stereocenters. The minimum atomic E-state index is -0.609. The number of amides is 1. The van der Waals surface area contributed by atoms with E-state index in [1.165, 1.54) is 19.3 Å². The van der Waals surface area contributed by atoms with Gasteiger partial charge >= 0.3 is 0 Å². The number of rotatable bonds is 6. The first-order valence-electron chi connectivity index (χ1n) is 11.7. The summed E-state index contributed by atoms with van der Waals surface area (Å²) < 4.78 is 0. The van der Waals surface area contributed by atoms with Crippen molar-refractivity contribution in [2.24, 2.45) is 22.4 Å². The average molecular weight is 522 g/mol. The van der Waals surface area contributed by atoms with Crippen LogP contribution in [0.25, 0.3) is 0 Å². The molecule has 3 atom stereocenters. The molecule has 2 aromatic rings. The van der Waals surface area contributed by atoms with E-state index in [4.69, 9.17) is 39.9 Å². The number of hydrogen-bond acceptors (Lipinski definition) is 4. The molecule has 1 aliphatic carbocycles. The van der Waals surface area contributed by atoms with Gasteiger partial charge in [0.2, 0.25) is 0 Å². The number of hydrazine groups is 1. The SMILES string of the molecule is CC1CCCC1CN(C)NC(=O)C1=NN(c2ccc(Cl)cc2Cl)C(c2ccc(Cl)cc2)C1(C)C. The lowest BCUT2D eigenvalue weighted by Crippen LogP contribution is -2.48. The molecule has 0 bridgehead atoms. The van der Waals surface area contributed by atoms with Crippen molar-refractivity contribution in [3.63, 3.8) is 0 Å². The summed E-state index contributed by atoms with van der Waals surface area (Å²) in [5.74, 6) is 1.07. The molecule has 1 saturated carbocycles. The van der Waals surface area contributed by atoms with Crippen molar-refractivity contribution < 1.29 is 4.79 Å². The lowest BCUT2D eigenvalue weighted by atomic mass is 9.77. The second kappa shape index (κ2) is 10.1. The third-order valence-electron chi connectivity index (χ3n) is 7.14. The average Bonchev–Trinajstić information content (AvgIpc) is 3.28. The Bertz CT molecular complexity index is 1090. The summed E-state index contributed by atoms with van der Waals surface area (Å²) in [6.45, 7) is 7.19. The first-order valence-corrected chi connectivity index (χ1v) is 12.8. The normalized spacial score (nSPS) is 23.9. The number of halogens is 3. The Kier molecular flexibility index (Phi) is 7.49. The maximum absolute atomic E-state index is 13.5. The Labute approximate surface area is 217 Å². The fourth-order valence-electron chi connectivity index (χ4n) is 5.25. The van der Waals surface area contributed by atoms with Crippen molar-refractivity contribution >= 4 is 52.1 Å². The molecule has 0 radical (unpaired) electrons. The topological polar surface area (TPSA) is 47.9 Å². The number of carbonyl (C=O) groups is 1. The van der Waals surface area contributed by atoms with Crippen LogP contribution in [0.2, 0.25) is 15.1 Å². The zero-order chi connectivity index (χ0) is 24.6. The minimum Gasteiger partial charge on any atom is -0.284 e. The van der Waals surface area contributed by atoms with E-state index in [0.717, 1.165) is 12.1 Å². The van der Waals surface area contributed by atoms with E-state index in [0.29, 0.717) is 38.3 Å². The molecule has 34 heavy (non-hydrogen) atoms. The molecule has 2 aliphatic rings. The van der Waals surface area contributed by atoms with Crippen LogP contribution in [0.15, 0.2) is 47.6 Å². The Morgan fingerprint density at radius 1 is 1.12 bits per heavy atom. The molecule has 5 nitrogen and oxygen atoms in total. The van der Waals surface area contributed by atoms with Gasteiger partial charge in [-0.25, -0.2) is 5.01 Å². The molecular formula is C26H31Cl3N4O. The van der Waals surface area contributed by atoms with Crippen LogP contribution in [-0.2, 0) is 4.79 Å². The summed E-state index contributed by atoms with van der Waals surface area (Å²) in [6.07, 6.45) is 3.72. The van der Waals surface area contributed by atoms with E-state index in [2.05, 4.69) is 12.3 Å². The highest BCUT2D eigenvalue weighted by Gasteiger charge is 2.49. The molecule has 1 N–H and O–H groups in total. The molecule has 182 valence electrons. The molecule has 8 heteroatoms. The van der Waals surface area contributed by atoms with E-state index in [-0.39, 0.29) is 11.9 Å². The van der Waals surface area contributed by atoms with Gasteiger partial charge in [-0.3, -0.25) is 15.2 Å². The van der Waals surface area contributed by atoms with Crippen LogP contribution < -0.4 is 10.4 Å². The van der Waals surface area contributed by atoms with Gasteiger partial charge in [0.1, 0.15) is 5.71 Å². The standard InChI is InChI=1S/C26H31Cl3N4O/c1-16-6-5-7-18(16)15-32(4)31-25(34)23-26(2,3)24(17-8-10-19(27)11-9-17)33(30-23)22-13-12-20(28)14-21(22)29/h8-14,16,18,24H,5-7,15H2,1-4H3,(H,31,34). The number of anilines is 1. The van der Waals surface area contributed by atoms with Gasteiger partial charge in [-0.2, -0.15) is 5.10 Å². The molecule has 1 aliphatic heterocycles. The van der Waals surface area contributed by atoms with Gasteiger partial charge in [-0.15, -0.1) is 0 Å². The van der Waals surface area contributed by atoms with E-state index in [9.17, 15) is 4.79 Å². The van der Waals surface area contributed by atoms with Crippen LogP contribution in [0, 0.1) is 17.3 Å². The van der Waals surface area contributed by atoms with Crippen LogP contribution in [0.1, 0.15) is 51.6 Å². The van der Waals surface area contributed by atoms with Crippen molar-refractivity contribution in [3.05, 3.63) is 63.1 Å². The van der Waals surface area contributed by atoms with Crippen LogP contribution >= 0.6 is 34.8 Å². The van der Waals surface area contributed by atoms with Gasteiger partial charge < -0.3 is 0 Å². The fourth-order valence-corrected chi connectivity index (χ4v) is 5.87. The summed E-state index contributed by atoms with van der Waals surface area (Å²) in [5, 5.41) is 10.2. The first kappa shape index (κ1) is 25.3. The lowest BCUT2D eigenvalue weighted by molar-refractivity contribution is -0.119. The van der Waals surface area contributed by atoms with Crippen molar-refractivity contribution in [1.29, 1.82) is 0 Å². The van der Waals surface area contributed by atoms with E-state index in [1.807, 2.05) is 61.2 Å². The maximum Gasteiger partial charge on any atom is 0.282 e. The summed E-state index contributed by atoms with van der Waals surface area (Å²) in [4.78, 5) is 13.5. The molecule has 1 fully saturated rings. The summed E-state index contributed by atoms with van der Waals surface area (Å²) in [5.41, 5.74) is 4.58. The number of nitrogens with zero attached hydrogens (tertiary/aromatic N) is 3. The molecule has 1 heterocycles. The predicted molar refractivity (Wildman–Crippen MR) is 142 cm³/mol. The maximum atomic E-state index is 13.5.